The number of sulfonamides is 1. The number of nitro benzene ring substituents is 1. The third-order valence-corrected chi connectivity index (χ3v) is 5.73. The van der Waals surface area contributed by atoms with Crippen molar-refractivity contribution in [3.63, 3.8) is 0 Å². The molecule has 1 aromatic rings. The van der Waals surface area contributed by atoms with Gasteiger partial charge in [-0.2, -0.15) is 0 Å². The molecular weight excluding hydrogens is 294 g/mol. The third kappa shape index (κ3) is 3.16. The molecule has 0 radical (unpaired) electrons. The fourth-order valence-electron chi connectivity index (χ4n) is 2.30. The molecule has 0 amide bonds. The van der Waals surface area contributed by atoms with E-state index in [4.69, 9.17) is 0 Å². The van der Waals surface area contributed by atoms with Crippen molar-refractivity contribution < 1.29 is 13.3 Å². The Labute approximate surface area is 124 Å². The summed E-state index contributed by atoms with van der Waals surface area (Å²) in [6.45, 7) is 2.57. The third-order valence-electron chi connectivity index (χ3n) is 3.91. The molecule has 21 heavy (non-hydrogen) atoms. The molecule has 0 aliphatic heterocycles. The summed E-state index contributed by atoms with van der Waals surface area (Å²) >= 11 is 0. The van der Waals surface area contributed by atoms with Crippen LogP contribution in [0.15, 0.2) is 23.1 Å². The predicted molar refractivity (Wildman–Crippen MR) is 79.7 cm³/mol. The molecule has 2 rings (SSSR count). The van der Waals surface area contributed by atoms with E-state index >= 15 is 0 Å². The molecule has 1 N–H and O–H groups in total. The Morgan fingerprint density at radius 2 is 2.10 bits per heavy atom. The monoisotopic (exact) mass is 313 g/mol. The lowest BCUT2D eigenvalue weighted by atomic mass is 10.3. The molecule has 0 saturated heterocycles. The summed E-state index contributed by atoms with van der Waals surface area (Å²) in [6.07, 6.45) is 1.04. The molecule has 0 aromatic heterocycles. The normalized spacial score (nSPS) is 21.3. The minimum absolute atomic E-state index is 0.0632. The van der Waals surface area contributed by atoms with Crippen LogP contribution in [-0.2, 0) is 10.0 Å². The first-order valence-electron chi connectivity index (χ1n) is 6.70. The number of rotatable bonds is 6. The molecule has 7 nitrogen and oxygen atoms in total. The van der Waals surface area contributed by atoms with Gasteiger partial charge < -0.3 is 5.32 Å². The highest BCUT2D eigenvalue weighted by Crippen LogP contribution is 2.39. The predicted octanol–water partition coefficient (Wildman–Crippen LogP) is 1.91. The molecule has 1 aliphatic rings. The SMILES string of the molecule is CNc1cc(S(=O)(=O)N(C)CC2CC2C)ccc1[N+](=O)[O-]. The molecule has 1 aromatic carbocycles. The average molecular weight is 313 g/mol. The second kappa shape index (κ2) is 5.61. The molecule has 0 spiro atoms. The average Bonchev–Trinajstić information content (AvgIpc) is 3.12. The second-order valence-electron chi connectivity index (χ2n) is 5.44. The van der Waals surface area contributed by atoms with E-state index in [0.717, 1.165) is 6.42 Å². The Bertz CT molecular complexity index is 659. The topological polar surface area (TPSA) is 92.6 Å². The summed E-state index contributed by atoms with van der Waals surface area (Å²) in [6, 6.07) is 3.80. The van der Waals surface area contributed by atoms with Crippen molar-refractivity contribution in [2.75, 3.05) is 26.0 Å². The van der Waals surface area contributed by atoms with Crippen LogP contribution >= 0.6 is 0 Å². The van der Waals surface area contributed by atoms with Crippen LogP contribution in [0.2, 0.25) is 0 Å². The summed E-state index contributed by atoms with van der Waals surface area (Å²) in [5.74, 6) is 0.971. The Kier molecular flexibility index (Phi) is 4.20. The summed E-state index contributed by atoms with van der Waals surface area (Å²) in [7, 11) is -0.557. The Hall–Kier alpha value is -1.67. The van der Waals surface area contributed by atoms with Gasteiger partial charge in [-0.3, -0.25) is 10.1 Å². The summed E-state index contributed by atoms with van der Waals surface area (Å²) in [4.78, 5) is 10.4. The van der Waals surface area contributed by atoms with Crippen molar-refractivity contribution in [1.82, 2.24) is 4.31 Å². The van der Waals surface area contributed by atoms with Gasteiger partial charge in [0, 0.05) is 26.7 Å². The van der Waals surface area contributed by atoms with Crippen molar-refractivity contribution in [2.24, 2.45) is 11.8 Å². The van der Waals surface area contributed by atoms with E-state index in [-0.39, 0.29) is 16.3 Å². The quantitative estimate of drug-likeness (QED) is 0.639. The summed E-state index contributed by atoms with van der Waals surface area (Å²) < 4.78 is 26.3. The number of nitrogens with one attached hydrogen (secondary N) is 1. The lowest BCUT2D eigenvalue weighted by molar-refractivity contribution is -0.384. The molecule has 0 bridgehead atoms. The Morgan fingerprint density at radius 1 is 1.48 bits per heavy atom. The summed E-state index contributed by atoms with van der Waals surface area (Å²) in [5, 5.41) is 13.5. The van der Waals surface area contributed by atoms with Crippen molar-refractivity contribution in [3.05, 3.63) is 28.3 Å². The van der Waals surface area contributed by atoms with Gasteiger partial charge in [-0.1, -0.05) is 6.92 Å². The molecule has 8 heteroatoms. The minimum Gasteiger partial charge on any atom is -0.383 e. The van der Waals surface area contributed by atoms with Gasteiger partial charge in [0.25, 0.3) is 5.69 Å². The summed E-state index contributed by atoms with van der Waals surface area (Å²) in [5.41, 5.74) is 0.0455. The smallest absolute Gasteiger partial charge is 0.292 e. The molecule has 1 saturated carbocycles. The maximum absolute atomic E-state index is 12.5. The molecule has 2 atom stereocenters. The van der Waals surface area contributed by atoms with Gasteiger partial charge in [-0.15, -0.1) is 0 Å². The van der Waals surface area contributed by atoms with E-state index in [9.17, 15) is 18.5 Å². The minimum atomic E-state index is -3.62. The van der Waals surface area contributed by atoms with Gasteiger partial charge >= 0.3 is 0 Å². The fourth-order valence-corrected chi connectivity index (χ4v) is 3.55. The number of hydrogen-bond acceptors (Lipinski definition) is 5. The standard InChI is InChI=1S/C13H19N3O4S/c1-9-6-10(9)8-15(3)21(19,20)11-4-5-13(16(17)18)12(7-11)14-2/h4-5,7,9-10,14H,6,8H2,1-3H3. The van der Waals surface area contributed by atoms with Gasteiger partial charge in [-0.25, -0.2) is 12.7 Å². The van der Waals surface area contributed by atoms with E-state index in [2.05, 4.69) is 12.2 Å². The lowest BCUT2D eigenvalue weighted by Gasteiger charge is -2.17. The highest BCUT2D eigenvalue weighted by molar-refractivity contribution is 7.89. The Balaban J connectivity index is 2.29. The van der Waals surface area contributed by atoms with Gasteiger partial charge in [0.1, 0.15) is 5.69 Å². The van der Waals surface area contributed by atoms with E-state index in [1.54, 1.807) is 7.05 Å². The zero-order valence-electron chi connectivity index (χ0n) is 12.2. The first kappa shape index (κ1) is 15.7. The van der Waals surface area contributed by atoms with Crippen LogP contribution in [-0.4, -0.2) is 38.3 Å². The largest absolute Gasteiger partial charge is 0.383 e. The van der Waals surface area contributed by atoms with E-state index in [1.807, 2.05) is 0 Å². The van der Waals surface area contributed by atoms with Crippen molar-refractivity contribution in [1.29, 1.82) is 0 Å². The van der Waals surface area contributed by atoms with Crippen molar-refractivity contribution in [3.8, 4) is 0 Å². The lowest BCUT2D eigenvalue weighted by Crippen LogP contribution is -2.29. The fraction of sp³-hybridized carbons (Fsp3) is 0.538. The van der Waals surface area contributed by atoms with Crippen LogP contribution in [0.4, 0.5) is 11.4 Å². The van der Waals surface area contributed by atoms with Gasteiger partial charge in [-0.05, 0) is 30.4 Å². The van der Waals surface area contributed by atoms with Crippen molar-refractivity contribution in [2.45, 2.75) is 18.2 Å². The van der Waals surface area contributed by atoms with Gasteiger partial charge in [0.2, 0.25) is 10.0 Å². The van der Waals surface area contributed by atoms with Crippen molar-refractivity contribution >= 4 is 21.4 Å². The molecule has 116 valence electrons. The van der Waals surface area contributed by atoms with Crippen LogP contribution in [0.5, 0.6) is 0 Å². The number of nitro groups is 1. The van der Waals surface area contributed by atoms with E-state index < -0.39 is 14.9 Å². The molecular formula is C13H19N3O4S. The van der Waals surface area contributed by atoms with Crippen LogP contribution < -0.4 is 5.32 Å². The van der Waals surface area contributed by atoms with E-state index in [0.29, 0.717) is 18.4 Å². The van der Waals surface area contributed by atoms with Gasteiger partial charge in [0.05, 0.1) is 9.82 Å². The molecule has 2 unspecified atom stereocenters. The number of anilines is 1. The maximum Gasteiger partial charge on any atom is 0.292 e. The Morgan fingerprint density at radius 3 is 2.57 bits per heavy atom. The number of hydrogen-bond donors (Lipinski definition) is 1. The van der Waals surface area contributed by atoms with Crippen LogP contribution in [0, 0.1) is 22.0 Å². The molecule has 1 aliphatic carbocycles. The van der Waals surface area contributed by atoms with Crippen LogP contribution in [0.1, 0.15) is 13.3 Å². The second-order valence-corrected chi connectivity index (χ2v) is 7.49. The maximum atomic E-state index is 12.5. The highest BCUT2D eigenvalue weighted by atomic mass is 32.2. The van der Waals surface area contributed by atoms with Crippen LogP contribution in [0.25, 0.3) is 0 Å². The molecule has 0 heterocycles. The molecule has 1 fully saturated rings. The van der Waals surface area contributed by atoms with E-state index in [1.165, 1.54) is 29.6 Å². The van der Waals surface area contributed by atoms with Gasteiger partial charge in [0.15, 0.2) is 0 Å². The number of benzene rings is 1. The zero-order chi connectivity index (χ0) is 15.8. The highest BCUT2D eigenvalue weighted by Gasteiger charge is 2.36. The first-order chi connectivity index (χ1) is 9.77. The van der Waals surface area contributed by atoms with Crippen LogP contribution in [0.3, 0.4) is 0 Å². The zero-order valence-corrected chi connectivity index (χ0v) is 13.1. The first-order valence-corrected chi connectivity index (χ1v) is 8.14. The number of nitrogens with zero attached hydrogens (tertiary/aromatic N) is 2.